The minimum Gasteiger partial charge on any atom is -0.490 e. The molecule has 0 amide bonds. The average molecular weight is 263 g/mol. The molecule has 1 aliphatic heterocycles. The van der Waals surface area contributed by atoms with Crippen molar-refractivity contribution in [2.75, 3.05) is 38.2 Å². The van der Waals surface area contributed by atoms with Crippen LogP contribution in [0.25, 0.3) is 0 Å². The van der Waals surface area contributed by atoms with Gasteiger partial charge in [-0.2, -0.15) is 0 Å². The van der Waals surface area contributed by atoms with E-state index in [2.05, 4.69) is 29.2 Å². The molecule has 19 heavy (non-hydrogen) atoms. The number of ether oxygens (including phenoxy) is 1. The number of anilines is 1. The van der Waals surface area contributed by atoms with Crippen molar-refractivity contribution in [3.8, 4) is 5.75 Å². The van der Waals surface area contributed by atoms with Crippen LogP contribution in [0, 0.1) is 5.92 Å². The highest BCUT2D eigenvalue weighted by Gasteiger charge is 2.17. The van der Waals surface area contributed by atoms with Crippen LogP contribution in [0.3, 0.4) is 0 Å². The maximum absolute atomic E-state index is 5.78. The SMILES string of the molecule is CCCOc1cccnc1N(C)CC1CCCNC1. The van der Waals surface area contributed by atoms with E-state index in [4.69, 9.17) is 4.74 Å². The lowest BCUT2D eigenvalue weighted by atomic mass is 9.99. The van der Waals surface area contributed by atoms with Crippen LogP contribution in [-0.2, 0) is 0 Å². The van der Waals surface area contributed by atoms with E-state index < -0.39 is 0 Å². The van der Waals surface area contributed by atoms with Crippen molar-refractivity contribution in [1.82, 2.24) is 10.3 Å². The van der Waals surface area contributed by atoms with Crippen LogP contribution < -0.4 is 15.0 Å². The zero-order chi connectivity index (χ0) is 13.5. The van der Waals surface area contributed by atoms with Crippen molar-refractivity contribution >= 4 is 5.82 Å². The number of hydrogen-bond acceptors (Lipinski definition) is 4. The van der Waals surface area contributed by atoms with Crippen molar-refractivity contribution in [2.24, 2.45) is 5.92 Å². The molecule has 0 spiro atoms. The molecule has 0 aliphatic carbocycles. The monoisotopic (exact) mass is 263 g/mol. The maximum atomic E-state index is 5.78. The van der Waals surface area contributed by atoms with E-state index >= 15 is 0 Å². The van der Waals surface area contributed by atoms with Gasteiger partial charge in [0.2, 0.25) is 0 Å². The summed E-state index contributed by atoms with van der Waals surface area (Å²) in [5.41, 5.74) is 0. The first kappa shape index (κ1) is 14.1. The Balaban J connectivity index is 1.98. The van der Waals surface area contributed by atoms with Crippen LogP contribution in [0.2, 0.25) is 0 Å². The van der Waals surface area contributed by atoms with E-state index in [0.29, 0.717) is 5.92 Å². The highest BCUT2D eigenvalue weighted by Crippen LogP contribution is 2.25. The van der Waals surface area contributed by atoms with Gasteiger partial charge in [0.1, 0.15) is 0 Å². The number of nitrogens with one attached hydrogen (secondary N) is 1. The first-order valence-corrected chi connectivity index (χ1v) is 7.31. The number of hydrogen-bond donors (Lipinski definition) is 1. The van der Waals surface area contributed by atoms with Gasteiger partial charge in [0.25, 0.3) is 0 Å². The standard InChI is InChI=1S/C15H25N3O/c1-3-10-19-14-7-5-9-17-15(14)18(2)12-13-6-4-8-16-11-13/h5,7,9,13,16H,3-4,6,8,10-12H2,1-2H3. The summed E-state index contributed by atoms with van der Waals surface area (Å²) in [4.78, 5) is 6.70. The molecule has 2 rings (SSSR count). The van der Waals surface area contributed by atoms with Crippen molar-refractivity contribution in [3.05, 3.63) is 18.3 Å². The van der Waals surface area contributed by atoms with Crippen LogP contribution in [0.5, 0.6) is 5.75 Å². The second-order valence-electron chi connectivity index (χ2n) is 5.27. The molecular weight excluding hydrogens is 238 g/mol. The molecule has 1 atom stereocenters. The van der Waals surface area contributed by atoms with E-state index in [1.54, 1.807) is 0 Å². The smallest absolute Gasteiger partial charge is 0.171 e. The number of pyridine rings is 1. The topological polar surface area (TPSA) is 37.4 Å². The Bertz CT molecular complexity index is 377. The second kappa shape index (κ2) is 7.34. The second-order valence-corrected chi connectivity index (χ2v) is 5.27. The van der Waals surface area contributed by atoms with Gasteiger partial charge in [-0.05, 0) is 50.4 Å². The summed E-state index contributed by atoms with van der Waals surface area (Å²) in [5, 5.41) is 3.46. The first-order chi connectivity index (χ1) is 9.31. The Morgan fingerprint density at radius 2 is 2.42 bits per heavy atom. The zero-order valence-electron chi connectivity index (χ0n) is 12.1. The van der Waals surface area contributed by atoms with Crippen molar-refractivity contribution in [3.63, 3.8) is 0 Å². The van der Waals surface area contributed by atoms with E-state index in [1.807, 2.05) is 18.3 Å². The van der Waals surface area contributed by atoms with Crippen molar-refractivity contribution in [1.29, 1.82) is 0 Å². The van der Waals surface area contributed by atoms with Crippen LogP contribution in [0.4, 0.5) is 5.82 Å². The normalized spacial score (nSPS) is 19.2. The molecule has 1 aromatic rings. The molecule has 4 nitrogen and oxygen atoms in total. The number of aromatic nitrogens is 1. The van der Waals surface area contributed by atoms with Gasteiger partial charge in [0.05, 0.1) is 6.61 Å². The molecule has 0 saturated carbocycles. The number of nitrogens with zero attached hydrogens (tertiary/aromatic N) is 2. The molecule has 2 heterocycles. The predicted molar refractivity (Wildman–Crippen MR) is 78.9 cm³/mol. The van der Waals surface area contributed by atoms with Crippen LogP contribution in [0.15, 0.2) is 18.3 Å². The lowest BCUT2D eigenvalue weighted by molar-refractivity contribution is 0.315. The highest BCUT2D eigenvalue weighted by atomic mass is 16.5. The van der Waals surface area contributed by atoms with Crippen molar-refractivity contribution < 1.29 is 4.74 Å². The molecule has 1 N–H and O–H groups in total. The minimum atomic E-state index is 0.708. The summed E-state index contributed by atoms with van der Waals surface area (Å²) in [6.45, 7) is 6.18. The Morgan fingerprint density at radius 3 is 3.16 bits per heavy atom. The van der Waals surface area contributed by atoms with E-state index in [9.17, 15) is 0 Å². The highest BCUT2D eigenvalue weighted by molar-refractivity contribution is 5.51. The van der Waals surface area contributed by atoms with E-state index in [-0.39, 0.29) is 0 Å². The third kappa shape index (κ3) is 4.10. The lowest BCUT2D eigenvalue weighted by Gasteiger charge is -2.29. The third-order valence-corrected chi connectivity index (χ3v) is 3.51. The Morgan fingerprint density at radius 1 is 1.53 bits per heavy atom. The summed E-state index contributed by atoms with van der Waals surface area (Å²) < 4.78 is 5.78. The molecule has 1 saturated heterocycles. The van der Waals surface area contributed by atoms with Gasteiger partial charge < -0.3 is 15.0 Å². The molecule has 106 valence electrons. The third-order valence-electron chi connectivity index (χ3n) is 3.51. The zero-order valence-corrected chi connectivity index (χ0v) is 12.1. The molecule has 0 bridgehead atoms. The Labute approximate surface area is 116 Å². The van der Waals surface area contributed by atoms with Crippen molar-refractivity contribution in [2.45, 2.75) is 26.2 Å². The Hall–Kier alpha value is -1.29. The summed E-state index contributed by atoms with van der Waals surface area (Å²) >= 11 is 0. The number of piperidine rings is 1. The summed E-state index contributed by atoms with van der Waals surface area (Å²) in [5.74, 6) is 2.57. The number of rotatable bonds is 6. The fourth-order valence-electron chi connectivity index (χ4n) is 2.55. The van der Waals surface area contributed by atoms with Gasteiger partial charge in [0.15, 0.2) is 11.6 Å². The molecule has 0 radical (unpaired) electrons. The molecule has 1 unspecified atom stereocenters. The van der Waals surface area contributed by atoms with E-state index in [0.717, 1.165) is 44.2 Å². The summed E-state index contributed by atoms with van der Waals surface area (Å²) in [6, 6.07) is 3.94. The van der Waals surface area contributed by atoms with Gasteiger partial charge in [-0.25, -0.2) is 4.98 Å². The van der Waals surface area contributed by atoms with Gasteiger partial charge >= 0.3 is 0 Å². The van der Waals surface area contributed by atoms with Crippen LogP contribution in [0.1, 0.15) is 26.2 Å². The largest absolute Gasteiger partial charge is 0.490 e. The fourth-order valence-corrected chi connectivity index (χ4v) is 2.55. The molecule has 1 aliphatic rings. The first-order valence-electron chi connectivity index (χ1n) is 7.31. The summed E-state index contributed by atoms with van der Waals surface area (Å²) in [7, 11) is 2.11. The fraction of sp³-hybridized carbons (Fsp3) is 0.667. The minimum absolute atomic E-state index is 0.708. The van der Waals surface area contributed by atoms with Crippen LogP contribution >= 0.6 is 0 Å². The summed E-state index contributed by atoms with van der Waals surface area (Å²) in [6.07, 6.45) is 5.43. The van der Waals surface area contributed by atoms with Gasteiger partial charge in [-0.15, -0.1) is 0 Å². The van der Waals surface area contributed by atoms with Gasteiger partial charge in [-0.1, -0.05) is 6.92 Å². The van der Waals surface area contributed by atoms with Gasteiger partial charge in [0, 0.05) is 19.8 Å². The molecular formula is C15H25N3O. The Kier molecular flexibility index (Phi) is 5.45. The average Bonchev–Trinajstić information content (AvgIpc) is 2.46. The lowest BCUT2D eigenvalue weighted by Crippen LogP contribution is -2.37. The predicted octanol–water partition coefficient (Wildman–Crippen LogP) is 2.31. The van der Waals surface area contributed by atoms with Crippen LogP contribution in [-0.4, -0.2) is 38.3 Å². The molecule has 1 fully saturated rings. The molecule has 4 heteroatoms. The molecule has 0 aromatic carbocycles. The molecule has 1 aromatic heterocycles. The van der Waals surface area contributed by atoms with Gasteiger partial charge in [-0.3, -0.25) is 0 Å². The quantitative estimate of drug-likeness (QED) is 0.854. The van der Waals surface area contributed by atoms with E-state index in [1.165, 1.54) is 12.8 Å². The maximum Gasteiger partial charge on any atom is 0.171 e.